The van der Waals surface area contributed by atoms with E-state index in [9.17, 15) is 0 Å². The first kappa shape index (κ1) is 10.4. The van der Waals surface area contributed by atoms with Gasteiger partial charge in [0, 0.05) is 0 Å². The highest BCUT2D eigenvalue weighted by Crippen LogP contribution is 2.12. The first-order valence-corrected chi connectivity index (χ1v) is 5.16. The van der Waals surface area contributed by atoms with E-state index in [1.54, 1.807) is 0 Å². The van der Waals surface area contributed by atoms with Gasteiger partial charge in [0.25, 0.3) is 0 Å². The van der Waals surface area contributed by atoms with Crippen LogP contribution in [0.25, 0.3) is 11.1 Å². The van der Waals surface area contributed by atoms with Crippen molar-refractivity contribution in [1.82, 2.24) is 4.98 Å². The van der Waals surface area contributed by atoms with Gasteiger partial charge in [0.2, 0.25) is 0 Å². The monoisotopic (exact) mass is 211 g/mol. The van der Waals surface area contributed by atoms with Gasteiger partial charge in [0.1, 0.15) is 5.52 Å². The Bertz CT molecular complexity index is 516. The summed E-state index contributed by atoms with van der Waals surface area (Å²) in [5.74, 6) is 0. The number of hydrogen-bond donors (Lipinski definition) is 0. The highest BCUT2D eigenvalue weighted by Gasteiger charge is 1.95. The van der Waals surface area contributed by atoms with E-state index in [0.29, 0.717) is 0 Å². The van der Waals surface area contributed by atoms with E-state index >= 15 is 0 Å². The van der Waals surface area contributed by atoms with E-state index < -0.39 is 0 Å². The first-order valence-electron chi connectivity index (χ1n) is 5.16. The fourth-order valence-electron chi connectivity index (χ4n) is 1.35. The molecule has 0 aliphatic heterocycles. The van der Waals surface area contributed by atoms with Crippen molar-refractivity contribution in [1.29, 1.82) is 0 Å². The molecule has 0 aliphatic carbocycles. The maximum atomic E-state index is 5.06. The molecule has 3 rings (SSSR count). The fraction of sp³-hybridized carbons (Fsp3) is 0.0714. The number of nitrogens with zero attached hydrogens (tertiary/aromatic N) is 1. The number of fused-ring (bicyclic) bond motifs is 1. The van der Waals surface area contributed by atoms with Crippen LogP contribution in [0.2, 0.25) is 0 Å². The summed E-state index contributed by atoms with van der Waals surface area (Å²) in [6.07, 6.45) is 1.46. The van der Waals surface area contributed by atoms with Crippen molar-refractivity contribution in [3.8, 4) is 0 Å². The van der Waals surface area contributed by atoms with Gasteiger partial charge in [-0.25, -0.2) is 4.98 Å². The van der Waals surface area contributed by atoms with Crippen LogP contribution >= 0.6 is 0 Å². The second-order valence-electron chi connectivity index (χ2n) is 3.48. The second-order valence-corrected chi connectivity index (χ2v) is 3.48. The molecule has 0 bridgehead atoms. The largest absolute Gasteiger partial charge is 0.443 e. The highest BCUT2D eigenvalue weighted by atomic mass is 16.3. The summed E-state index contributed by atoms with van der Waals surface area (Å²) in [4.78, 5) is 4.01. The quantitative estimate of drug-likeness (QED) is 0.565. The van der Waals surface area contributed by atoms with Gasteiger partial charge in [-0.2, -0.15) is 0 Å². The van der Waals surface area contributed by atoms with Gasteiger partial charge >= 0.3 is 0 Å². The Hall–Kier alpha value is -2.09. The summed E-state index contributed by atoms with van der Waals surface area (Å²) in [6, 6.07) is 17.9. The molecule has 0 saturated heterocycles. The molecule has 2 nitrogen and oxygen atoms in total. The van der Waals surface area contributed by atoms with Crippen LogP contribution in [0.1, 0.15) is 5.56 Å². The number of oxazole rings is 1. The Balaban J connectivity index is 0.000000138. The average Bonchev–Trinajstić information content (AvgIpc) is 2.79. The van der Waals surface area contributed by atoms with Crippen LogP contribution in [0, 0.1) is 6.92 Å². The van der Waals surface area contributed by atoms with Crippen molar-refractivity contribution in [2.24, 2.45) is 0 Å². The van der Waals surface area contributed by atoms with Crippen LogP contribution in [0.5, 0.6) is 0 Å². The Kier molecular flexibility index (Phi) is 3.34. The van der Waals surface area contributed by atoms with E-state index in [4.69, 9.17) is 4.42 Å². The third kappa shape index (κ3) is 2.70. The van der Waals surface area contributed by atoms with Crippen molar-refractivity contribution in [2.45, 2.75) is 6.92 Å². The summed E-state index contributed by atoms with van der Waals surface area (Å²) in [5.41, 5.74) is 2.99. The van der Waals surface area contributed by atoms with Gasteiger partial charge in [-0.15, -0.1) is 0 Å². The maximum absolute atomic E-state index is 5.06. The average molecular weight is 211 g/mol. The molecule has 80 valence electrons. The van der Waals surface area contributed by atoms with E-state index in [-0.39, 0.29) is 0 Å². The Morgan fingerprint density at radius 1 is 0.938 bits per heavy atom. The minimum Gasteiger partial charge on any atom is -0.443 e. The molecule has 0 unspecified atom stereocenters. The summed E-state index contributed by atoms with van der Waals surface area (Å²) in [6.45, 7) is 2.04. The normalized spacial score (nSPS) is 9.56. The Morgan fingerprint density at radius 2 is 1.56 bits per heavy atom. The molecule has 0 saturated carbocycles. The zero-order chi connectivity index (χ0) is 11.2. The maximum Gasteiger partial charge on any atom is 0.181 e. The molecule has 2 heteroatoms. The minimum absolute atomic E-state index is 0.852. The fourth-order valence-corrected chi connectivity index (χ4v) is 1.35. The molecule has 0 radical (unpaired) electrons. The van der Waals surface area contributed by atoms with Crippen LogP contribution in [-0.2, 0) is 0 Å². The molecule has 0 amide bonds. The minimum atomic E-state index is 0.852. The van der Waals surface area contributed by atoms with Crippen LogP contribution in [0.3, 0.4) is 0 Å². The van der Waals surface area contributed by atoms with Gasteiger partial charge in [-0.1, -0.05) is 42.5 Å². The smallest absolute Gasteiger partial charge is 0.181 e. The molecular formula is C14H13NO. The molecule has 0 N–H and O–H groups in total. The molecule has 1 heterocycles. The van der Waals surface area contributed by atoms with Gasteiger partial charge in [0.05, 0.1) is 0 Å². The zero-order valence-corrected chi connectivity index (χ0v) is 9.13. The Morgan fingerprint density at radius 3 is 2.19 bits per heavy atom. The predicted molar refractivity (Wildman–Crippen MR) is 65.2 cm³/mol. The molecule has 0 fully saturated rings. The van der Waals surface area contributed by atoms with Crippen molar-refractivity contribution in [2.75, 3.05) is 0 Å². The standard InChI is InChI=1S/C8H7NO.C6H6/c1-6-2-3-8-7(4-6)9-5-10-8;1-2-4-6-5-3-1/h2-5H,1H3;1-6H. The third-order valence-electron chi connectivity index (χ3n) is 2.15. The van der Waals surface area contributed by atoms with E-state index in [2.05, 4.69) is 4.98 Å². The molecule has 0 atom stereocenters. The molecule has 2 aromatic carbocycles. The topological polar surface area (TPSA) is 26.0 Å². The van der Waals surface area contributed by atoms with Crippen LogP contribution < -0.4 is 0 Å². The molecule has 0 aliphatic rings. The van der Waals surface area contributed by atoms with Gasteiger partial charge in [-0.3, -0.25) is 0 Å². The van der Waals surface area contributed by atoms with Gasteiger partial charge in [-0.05, 0) is 24.6 Å². The number of hydrogen-bond acceptors (Lipinski definition) is 2. The molecule has 16 heavy (non-hydrogen) atoms. The van der Waals surface area contributed by atoms with Gasteiger partial charge < -0.3 is 4.42 Å². The number of rotatable bonds is 0. The van der Waals surface area contributed by atoms with Crippen molar-refractivity contribution >= 4 is 11.1 Å². The highest BCUT2D eigenvalue weighted by molar-refractivity contribution is 5.72. The summed E-state index contributed by atoms with van der Waals surface area (Å²) >= 11 is 0. The predicted octanol–water partition coefficient (Wildman–Crippen LogP) is 3.82. The Labute approximate surface area is 94.6 Å². The van der Waals surface area contributed by atoms with Crippen LogP contribution in [0.4, 0.5) is 0 Å². The van der Waals surface area contributed by atoms with Crippen LogP contribution in [-0.4, -0.2) is 4.98 Å². The summed E-state index contributed by atoms with van der Waals surface area (Å²) in [7, 11) is 0. The second kappa shape index (κ2) is 5.12. The van der Waals surface area contributed by atoms with Crippen molar-refractivity contribution in [3.63, 3.8) is 0 Å². The van der Waals surface area contributed by atoms with Crippen molar-refractivity contribution < 1.29 is 4.42 Å². The molecular weight excluding hydrogens is 198 g/mol. The third-order valence-corrected chi connectivity index (χ3v) is 2.15. The first-order chi connectivity index (χ1) is 7.86. The van der Waals surface area contributed by atoms with Crippen molar-refractivity contribution in [3.05, 3.63) is 66.6 Å². The lowest BCUT2D eigenvalue weighted by atomic mass is 10.2. The molecule has 1 aromatic heterocycles. The number of aryl methyl sites for hydroxylation is 1. The SMILES string of the molecule is Cc1ccc2ocnc2c1.c1ccccc1. The lowest BCUT2D eigenvalue weighted by Gasteiger charge is -1.87. The van der Waals surface area contributed by atoms with Gasteiger partial charge in [0.15, 0.2) is 12.0 Å². The van der Waals surface area contributed by atoms with Crippen LogP contribution in [0.15, 0.2) is 65.4 Å². The zero-order valence-electron chi connectivity index (χ0n) is 9.13. The lowest BCUT2D eigenvalue weighted by Crippen LogP contribution is -1.70. The van der Waals surface area contributed by atoms with E-state index in [0.717, 1.165) is 11.1 Å². The molecule has 3 aromatic rings. The lowest BCUT2D eigenvalue weighted by molar-refractivity contribution is 0.602. The number of benzene rings is 2. The summed E-state index contributed by atoms with van der Waals surface area (Å²) < 4.78 is 5.06. The number of aromatic nitrogens is 1. The summed E-state index contributed by atoms with van der Waals surface area (Å²) in [5, 5.41) is 0. The van der Waals surface area contributed by atoms with E-state index in [1.165, 1.54) is 12.0 Å². The van der Waals surface area contributed by atoms with E-state index in [1.807, 2.05) is 61.5 Å². The molecule has 0 spiro atoms.